The summed E-state index contributed by atoms with van der Waals surface area (Å²) in [6.45, 7) is 0.907. The molecule has 1 aromatic heterocycles. The van der Waals surface area contributed by atoms with Gasteiger partial charge in [-0.15, -0.1) is 0 Å². The molecule has 3 rings (SSSR count). The minimum absolute atomic E-state index is 0.0732. The number of carbonyl (C=O) groups is 1. The number of alkyl halides is 8. The van der Waals surface area contributed by atoms with Crippen molar-refractivity contribution in [3.63, 3.8) is 0 Å². The molecule has 37 heavy (non-hydrogen) atoms. The first-order valence-electron chi connectivity index (χ1n) is 10.6. The van der Waals surface area contributed by atoms with Gasteiger partial charge in [0.25, 0.3) is 6.43 Å². The Labute approximate surface area is 204 Å². The second-order valence-electron chi connectivity index (χ2n) is 7.81. The fraction of sp³-hybridized carbons (Fsp3) is 0.500. The summed E-state index contributed by atoms with van der Waals surface area (Å²) < 4.78 is 139. The SMILES string of the molecule is CCOC(=O)c1cnn(C2CCCN(c3cc(C(F)(F)F)ccc3OS(=O)(=O)C(F)(F)F)C2)c1C(F)F. The van der Waals surface area contributed by atoms with Crippen LogP contribution in [0.15, 0.2) is 24.4 Å². The van der Waals surface area contributed by atoms with Gasteiger partial charge in [-0.3, -0.25) is 4.68 Å². The van der Waals surface area contributed by atoms with Crippen LogP contribution in [0.3, 0.4) is 0 Å². The van der Waals surface area contributed by atoms with Crippen molar-refractivity contribution in [2.75, 3.05) is 24.6 Å². The maximum absolute atomic E-state index is 13.8. The van der Waals surface area contributed by atoms with E-state index in [2.05, 4.69) is 9.28 Å². The first-order chi connectivity index (χ1) is 17.1. The van der Waals surface area contributed by atoms with Crippen LogP contribution in [-0.2, 0) is 21.0 Å². The van der Waals surface area contributed by atoms with E-state index in [1.807, 2.05) is 0 Å². The Hall–Kier alpha value is -3.11. The number of halogens is 8. The Balaban J connectivity index is 2.03. The van der Waals surface area contributed by atoms with Gasteiger partial charge in [-0.2, -0.15) is 39.9 Å². The zero-order valence-electron chi connectivity index (χ0n) is 18.8. The van der Waals surface area contributed by atoms with E-state index in [9.17, 15) is 48.3 Å². The molecule has 0 N–H and O–H groups in total. The molecule has 0 amide bonds. The molecule has 1 unspecified atom stereocenters. The molecule has 1 saturated heterocycles. The summed E-state index contributed by atoms with van der Waals surface area (Å²) in [5.74, 6) is -2.10. The van der Waals surface area contributed by atoms with Gasteiger partial charge in [-0.05, 0) is 38.0 Å². The Morgan fingerprint density at radius 2 is 1.86 bits per heavy atom. The topological polar surface area (TPSA) is 90.7 Å². The Morgan fingerprint density at radius 1 is 1.19 bits per heavy atom. The minimum Gasteiger partial charge on any atom is -0.462 e. The van der Waals surface area contributed by atoms with Gasteiger partial charge < -0.3 is 13.8 Å². The van der Waals surface area contributed by atoms with E-state index in [-0.39, 0.29) is 32.5 Å². The van der Waals surface area contributed by atoms with Gasteiger partial charge in [0.15, 0.2) is 5.75 Å². The maximum Gasteiger partial charge on any atom is 0.534 e. The summed E-state index contributed by atoms with van der Waals surface area (Å²) in [7, 11) is -6.23. The predicted molar refractivity (Wildman–Crippen MR) is 111 cm³/mol. The van der Waals surface area contributed by atoms with Crippen LogP contribution in [0.1, 0.15) is 53.8 Å². The number of esters is 1. The maximum atomic E-state index is 13.8. The molecule has 2 aromatic rings. The van der Waals surface area contributed by atoms with Crippen molar-refractivity contribution in [1.82, 2.24) is 9.78 Å². The van der Waals surface area contributed by atoms with E-state index >= 15 is 0 Å². The summed E-state index contributed by atoms with van der Waals surface area (Å²) in [4.78, 5) is 13.1. The third-order valence-corrected chi connectivity index (χ3v) is 6.35. The quantitative estimate of drug-likeness (QED) is 0.200. The van der Waals surface area contributed by atoms with Crippen LogP contribution in [0.2, 0.25) is 0 Å². The molecule has 0 aliphatic carbocycles. The molecule has 1 atom stereocenters. The van der Waals surface area contributed by atoms with Crippen LogP contribution in [0, 0.1) is 0 Å². The highest BCUT2D eigenvalue weighted by atomic mass is 32.2. The van der Waals surface area contributed by atoms with E-state index in [1.54, 1.807) is 0 Å². The fourth-order valence-corrected chi connectivity index (χ4v) is 4.27. The molecule has 1 aliphatic heterocycles. The molecule has 1 fully saturated rings. The van der Waals surface area contributed by atoms with Gasteiger partial charge >= 0.3 is 27.8 Å². The van der Waals surface area contributed by atoms with Crippen molar-refractivity contribution in [3.8, 4) is 5.75 Å². The normalized spacial score (nSPS) is 17.2. The van der Waals surface area contributed by atoms with E-state index in [0.29, 0.717) is 18.2 Å². The van der Waals surface area contributed by atoms with Crippen LogP contribution >= 0.6 is 0 Å². The van der Waals surface area contributed by atoms with Gasteiger partial charge in [-0.25, -0.2) is 13.6 Å². The Bertz CT molecular complexity index is 1240. The molecule has 17 heteroatoms. The van der Waals surface area contributed by atoms with Gasteiger partial charge in [0, 0.05) is 13.1 Å². The van der Waals surface area contributed by atoms with Gasteiger partial charge in [-0.1, -0.05) is 0 Å². The van der Waals surface area contributed by atoms with Crippen molar-refractivity contribution >= 4 is 21.8 Å². The lowest BCUT2D eigenvalue weighted by atomic mass is 10.0. The van der Waals surface area contributed by atoms with Gasteiger partial charge in [0.2, 0.25) is 0 Å². The molecule has 0 spiro atoms. The standard InChI is InChI=1S/C20H19F8N3O5S/c1-2-35-18(32)13-9-29-31(16(13)17(21)22)12-4-3-7-30(10-12)14-8-11(19(23,24)25)5-6-15(14)36-37(33,34)20(26,27)28/h5-6,8-9,12,17H,2-4,7,10H2,1H3. The van der Waals surface area contributed by atoms with E-state index < -0.39 is 68.5 Å². The summed E-state index contributed by atoms with van der Waals surface area (Å²) in [6.07, 6.45) is -6.97. The Morgan fingerprint density at radius 3 is 2.43 bits per heavy atom. The zero-order valence-corrected chi connectivity index (χ0v) is 19.6. The lowest BCUT2D eigenvalue weighted by Crippen LogP contribution is -2.38. The number of rotatable bonds is 7. The van der Waals surface area contributed by atoms with Crippen molar-refractivity contribution < 1.29 is 57.3 Å². The minimum atomic E-state index is -6.23. The van der Waals surface area contributed by atoms with E-state index in [1.165, 1.54) is 6.92 Å². The number of aromatic nitrogens is 2. The van der Waals surface area contributed by atoms with Crippen LogP contribution in [0.4, 0.5) is 40.8 Å². The average Bonchev–Trinajstić information content (AvgIpc) is 3.24. The lowest BCUT2D eigenvalue weighted by Gasteiger charge is -2.36. The van der Waals surface area contributed by atoms with Gasteiger partial charge in [0.05, 0.1) is 30.1 Å². The van der Waals surface area contributed by atoms with Gasteiger partial charge in [0.1, 0.15) is 11.3 Å². The van der Waals surface area contributed by atoms with Crippen molar-refractivity contribution in [3.05, 3.63) is 41.2 Å². The molecule has 1 aromatic carbocycles. The predicted octanol–water partition coefficient (Wildman–Crippen LogP) is 5.09. The summed E-state index contributed by atoms with van der Waals surface area (Å²) in [6, 6.07) is 0.218. The van der Waals surface area contributed by atoms with Crippen molar-refractivity contribution in [1.29, 1.82) is 0 Å². The van der Waals surface area contributed by atoms with Crippen molar-refractivity contribution in [2.45, 2.75) is 43.9 Å². The smallest absolute Gasteiger partial charge is 0.462 e. The third kappa shape index (κ3) is 6.07. The molecule has 0 radical (unpaired) electrons. The number of anilines is 1. The molecule has 206 valence electrons. The van der Waals surface area contributed by atoms with E-state index in [4.69, 9.17) is 4.74 Å². The second-order valence-corrected chi connectivity index (χ2v) is 9.35. The number of piperidine rings is 1. The summed E-state index contributed by atoms with van der Waals surface area (Å²) in [5.41, 5.74) is -9.14. The number of nitrogens with zero attached hydrogens (tertiary/aromatic N) is 3. The molecule has 8 nitrogen and oxygen atoms in total. The highest BCUT2D eigenvalue weighted by Crippen LogP contribution is 2.41. The first kappa shape index (κ1) is 28.5. The molecule has 1 aliphatic rings. The molecule has 2 heterocycles. The number of hydrogen-bond donors (Lipinski definition) is 0. The molecular weight excluding hydrogens is 546 g/mol. The zero-order chi connectivity index (χ0) is 27.8. The van der Waals surface area contributed by atoms with E-state index in [0.717, 1.165) is 15.8 Å². The lowest BCUT2D eigenvalue weighted by molar-refractivity contribution is -0.137. The van der Waals surface area contributed by atoms with Crippen LogP contribution < -0.4 is 9.08 Å². The average molecular weight is 565 g/mol. The second kappa shape index (κ2) is 10.3. The summed E-state index contributed by atoms with van der Waals surface area (Å²) in [5, 5.41) is 3.82. The number of benzene rings is 1. The first-order valence-corrected chi connectivity index (χ1v) is 12.0. The number of hydrogen-bond acceptors (Lipinski definition) is 7. The monoisotopic (exact) mass is 565 g/mol. The third-order valence-electron chi connectivity index (χ3n) is 5.39. The highest BCUT2D eigenvalue weighted by molar-refractivity contribution is 7.88. The van der Waals surface area contributed by atoms with Crippen LogP contribution in [0.5, 0.6) is 5.75 Å². The molecule has 0 bridgehead atoms. The largest absolute Gasteiger partial charge is 0.534 e. The molecule has 0 saturated carbocycles. The highest BCUT2D eigenvalue weighted by Gasteiger charge is 2.49. The van der Waals surface area contributed by atoms with Crippen LogP contribution in [0.25, 0.3) is 0 Å². The number of ether oxygens (including phenoxy) is 1. The fourth-order valence-electron chi connectivity index (χ4n) is 3.80. The van der Waals surface area contributed by atoms with Crippen molar-refractivity contribution in [2.24, 2.45) is 0 Å². The van der Waals surface area contributed by atoms with Crippen LogP contribution in [-0.4, -0.2) is 49.4 Å². The summed E-state index contributed by atoms with van der Waals surface area (Å²) >= 11 is 0. The molecular formula is C20H19F8N3O5S. The number of carbonyl (C=O) groups excluding carboxylic acids is 1. The Kier molecular flexibility index (Phi) is 7.95.